The Labute approximate surface area is 208 Å². The van der Waals surface area contributed by atoms with E-state index in [-0.39, 0.29) is 24.5 Å². The van der Waals surface area contributed by atoms with Crippen molar-refractivity contribution in [1.29, 1.82) is 0 Å². The quantitative estimate of drug-likeness (QED) is 0.385. The van der Waals surface area contributed by atoms with Crippen LogP contribution in [0.1, 0.15) is 69.6 Å². The van der Waals surface area contributed by atoms with Crippen molar-refractivity contribution in [2.45, 2.75) is 76.6 Å². The lowest BCUT2D eigenvalue weighted by molar-refractivity contribution is -0.138. The van der Waals surface area contributed by atoms with Gasteiger partial charge in [0.1, 0.15) is 12.3 Å². The third-order valence-corrected chi connectivity index (χ3v) is 7.65. The van der Waals surface area contributed by atoms with Gasteiger partial charge in [0.25, 0.3) is 0 Å². The van der Waals surface area contributed by atoms with E-state index in [1.165, 1.54) is 6.08 Å². The van der Waals surface area contributed by atoms with Crippen molar-refractivity contribution in [3.05, 3.63) is 77.4 Å². The first-order valence-electron chi connectivity index (χ1n) is 12.6. The van der Waals surface area contributed by atoms with Gasteiger partial charge in [0.15, 0.2) is 0 Å². The zero-order valence-corrected chi connectivity index (χ0v) is 20.9. The highest BCUT2D eigenvalue weighted by Crippen LogP contribution is 2.47. The highest BCUT2D eigenvalue weighted by Gasteiger charge is 2.47. The number of nitrogens with one attached hydrogen (secondary N) is 1. The summed E-state index contributed by atoms with van der Waals surface area (Å²) in [5, 5.41) is 3.26. The number of ether oxygens (including phenoxy) is 1. The van der Waals surface area contributed by atoms with Crippen molar-refractivity contribution >= 4 is 18.0 Å². The molecule has 0 aromatic heterocycles. The van der Waals surface area contributed by atoms with Crippen LogP contribution in [0.2, 0.25) is 0 Å². The summed E-state index contributed by atoms with van der Waals surface area (Å²) in [6, 6.07) is 17.2. The van der Waals surface area contributed by atoms with Gasteiger partial charge in [-0.1, -0.05) is 61.5 Å². The number of amides is 1. The molecule has 4 nitrogen and oxygen atoms in total. The second-order valence-electron chi connectivity index (χ2n) is 11.0. The molecule has 1 amide bonds. The number of hydrogen-bond donors (Lipinski definition) is 1. The van der Waals surface area contributed by atoms with Crippen LogP contribution < -0.4 is 5.32 Å². The molecule has 1 N–H and O–H groups in total. The van der Waals surface area contributed by atoms with Crippen LogP contribution in [0.4, 0.5) is 4.39 Å². The Morgan fingerprint density at radius 3 is 2.69 bits per heavy atom. The lowest BCUT2D eigenvalue weighted by atomic mass is 9.64. The average Bonchev–Trinajstić information content (AvgIpc) is 2.83. The van der Waals surface area contributed by atoms with Gasteiger partial charge in [0.2, 0.25) is 5.91 Å². The van der Waals surface area contributed by atoms with Crippen LogP contribution >= 0.6 is 0 Å². The fourth-order valence-corrected chi connectivity index (χ4v) is 5.66. The smallest absolute Gasteiger partial charge is 0.331 e. The number of benzene rings is 2. The molecule has 2 saturated carbocycles. The van der Waals surface area contributed by atoms with Gasteiger partial charge in [-0.25, -0.2) is 9.18 Å². The van der Waals surface area contributed by atoms with E-state index in [0.29, 0.717) is 31.6 Å². The minimum absolute atomic E-state index is 0.0239. The Balaban J connectivity index is 1.37. The molecule has 4 atom stereocenters. The van der Waals surface area contributed by atoms with E-state index in [1.807, 2.05) is 68.4 Å². The number of halogens is 1. The summed E-state index contributed by atoms with van der Waals surface area (Å²) in [6.07, 6.45) is 6.51. The van der Waals surface area contributed by atoms with E-state index < -0.39 is 17.1 Å². The molecule has 0 saturated heterocycles. The summed E-state index contributed by atoms with van der Waals surface area (Å²) in [7, 11) is 0. The molecule has 186 valence electrons. The van der Waals surface area contributed by atoms with Crippen molar-refractivity contribution in [2.75, 3.05) is 0 Å². The minimum Gasteiger partial charge on any atom is -0.458 e. The first kappa shape index (κ1) is 25.2. The second kappa shape index (κ2) is 10.3. The number of hydrogen-bond acceptors (Lipinski definition) is 3. The van der Waals surface area contributed by atoms with E-state index in [0.717, 1.165) is 23.1 Å². The second-order valence-corrected chi connectivity index (χ2v) is 11.0. The molecular weight excluding hydrogens is 441 g/mol. The third-order valence-electron chi connectivity index (χ3n) is 7.65. The number of alkyl halides is 1. The maximum Gasteiger partial charge on any atom is 0.331 e. The van der Waals surface area contributed by atoms with Gasteiger partial charge >= 0.3 is 5.97 Å². The first-order valence-corrected chi connectivity index (χ1v) is 12.6. The van der Waals surface area contributed by atoms with Crippen molar-refractivity contribution < 1.29 is 18.7 Å². The predicted octanol–water partition coefficient (Wildman–Crippen LogP) is 6.14. The molecule has 0 aliphatic heterocycles. The van der Waals surface area contributed by atoms with Crippen LogP contribution in [0.15, 0.2) is 60.7 Å². The van der Waals surface area contributed by atoms with Gasteiger partial charge < -0.3 is 10.1 Å². The molecule has 35 heavy (non-hydrogen) atoms. The van der Waals surface area contributed by atoms with Gasteiger partial charge in [-0.05, 0) is 80.6 Å². The molecule has 0 heterocycles. The molecule has 2 aromatic carbocycles. The van der Waals surface area contributed by atoms with Crippen LogP contribution in [0.3, 0.4) is 0 Å². The van der Waals surface area contributed by atoms with Gasteiger partial charge in [-0.2, -0.15) is 0 Å². The third kappa shape index (κ3) is 6.19. The molecule has 2 aliphatic carbocycles. The SMILES string of the molecule is CC1C[C@H]2C[C@@](F)(CC[C@@H]2NC(=O)C(C)(C)c2cccc(/C=C/C(=O)OCc3ccccc3)c2)C1. The van der Waals surface area contributed by atoms with Crippen LogP contribution in [-0.2, 0) is 26.3 Å². The number of fused-ring (bicyclic) bond motifs is 2. The van der Waals surface area contributed by atoms with E-state index in [9.17, 15) is 9.59 Å². The van der Waals surface area contributed by atoms with E-state index in [2.05, 4.69) is 12.2 Å². The van der Waals surface area contributed by atoms with Crippen LogP contribution in [0.5, 0.6) is 0 Å². The predicted molar refractivity (Wildman–Crippen MR) is 136 cm³/mol. The number of esters is 1. The lowest BCUT2D eigenvalue weighted by Gasteiger charge is -2.47. The maximum absolute atomic E-state index is 15.0. The normalized spacial score (nSPS) is 26.3. The van der Waals surface area contributed by atoms with Crippen molar-refractivity contribution in [3.63, 3.8) is 0 Å². The molecule has 2 aliphatic rings. The topological polar surface area (TPSA) is 55.4 Å². The van der Waals surface area contributed by atoms with Crippen LogP contribution in [-0.4, -0.2) is 23.6 Å². The standard InChI is InChI=1S/C30H36FNO3/c1-21-16-24-19-30(31,18-21)15-14-26(24)32-28(34)29(2,3)25-11-7-10-22(17-25)12-13-27(33)35-20-23-8-5-4-6-9-23/h4-13,17,21,24,26H,14-16,18-20H2,1-3H3,(H,32,34)/b13-12+/t21?,24-,26-,30+/m0/s1. The summed E-state index contributed by atoms with van der Waals surface area (Å²) < 4.78 is 20.3. The van der Waals surface area contributed by atoms with E-state index in [4.69, 9.17) is 4.74 Å². The van der Waals surface area contributed by atoms with E-state index >= 15 is 4.39 Å². The highest BCUT2D eigenvalue weighted by molar-refractivity contribution is 5.89. The fraction of sp³-hybridized carbons (Fsp3) is 0.467. The summed E-state index contributed by atoms with van der Waals surface area (Å²) in [6.45, 7) is 6.16. The van der Waals surface area contributed by atoms with Crippen LogP contribution in [0, 0.1) is 11.8 Å². The van der Waals surface area contributed by atoms with Gasteiger partial charge in [0, 0.05) is 12.1 Å². The van der Waals surface area contributed by atoms with Crippen LogP contribution in [0.25, 0.3) is 6.08 Å². The lowest BCUT2D eigenvalue weighted by Crippen LogP contribution is -2.54. The monoisotopic (exact) mass is 477 g/mol. The average molecular weight is 478 g/mol. The number of carbonyl (C=O) groups is 2. The Morgan fingerprint density at radius 2 is 1.91 bits per heavy atom. The number of rotatable bonds is 7. The fourth-order valence-electron chi connectivity index (χ4n) is 5.66. The maximum atomic E-state index is 15.0. The molecular formula is C30H36FNO3. The summed E-state index contributed by atoms with van der Waals surface area (Å²) >= 11 is 0. The minimum atomic E-state index is -1.05. The molecule has 5 heteroatoms. The summed E-state index contributed by atoms with van der Waals surface area (Å²) in [5.41, 5.74) is 0.801. The number of carbonyl (C=O) groups excluding carboxylic acids is 2. The molecule has 4 rings (SSSR count). The van der Waals surface area contributed by atoms with Gasteiger partial charge in [-0.3, -0.25) is 4.79 Å². The summed E-state index contributed by atoms with van der Waals surface area (Å²) in [4.78, 5) is 25.5. The zero-order valence-electron chi connectivity index (χ0n) is 20.9. The van der Waals surface area contributed by atoms with Crippen molar-refractivity contribution in [2.24, 2.45) is 11.8 Å². The largest absolute Gasteiger partial charge is 0.458 e. The van der Waals surface area contributed by atoms with Gasteiger partial charge in [-0.15, -0.1) is 0 Å². The Kier molecular flexibility index (Phi) is 7.44. The van der Waals surface area contributed by atoms with Crippen molar-refractivity contribution in [1.82, 2.24) is 5.32 Å². The molecule has 2 aromatic rings. The molecule has 2 fully saturated rings. The molecule has 0 radical (unpaired) electrons. The van der Waals surface area contributed by atoms with E-state index in [1.54, 1.807) is 6.08 Å². The summed E-state index contributed by atoms with van der Waals surface area (Å²) in [5.74, 6) is 0.0948. The first-order chi connectivity index (χ1) is 16.6. The molecule has 1 unspecified atom stereocenters. The van der Waals surface area contributed by atoms with Crippen molar-refractivity contribution in [3.8, 4) is 0 Å². The zero-order chi connectivity index (χ0) is 25.1. The molecule has 0 spiro atoms. The Hall–Kier alpha value is -2.95. The Bertz CT molecular complexity index is 1080. The Morgan fingerprint density at radius 1 is 1.14 bits per heavy atom. The molecule has 2 bridgehead atoms. The van der Waals surface area contributed by atoms with Gasteiger partial charge in [0.05, 0.1) is 5.41 Å². The highest BCUT2D eigenvalue weighted by atomic mass is 19.1.